The van der Waals surface area contributed by atoms with Gasteiger partial charge in [-0.05, 0) is 24.3 Å². The van der Waals surface area contributed by atoms with Gasteiger partial charge in [-0.25, -0.2) is 0 Å². The van der Waals surface area contributed by atoms with Crippen LogP contribution in [0.25, 0.3) is 0 Å². The van der Waals surface area contributed by atoms with Crippen molar-refractivity contribution in [2.75, 3.05) is 13.6 Å². The summed E-state index contributed by atoms with van der Waals surface area (Å²) in [6, 6.07) is 18.2. The maximum Gasteiger partial charge on any atom is 0.324 e. The highest BCUT2D eigenvalue weighted by atomic mass is 31.1. The number of ether oxygens (including phenoxy) is 2. The van der Waals surface area contributed by atoms with Gasteiger partial charge in [0, 0.05) is 0 Å². The van der Waals surface area contributed by atoms with Gasteiger partial charge >= 0.3 is 8.25 Å². The highest BCUT2D eigenvalue weighted by Gasteiger charge is 2.01. The van der Waals surface area contributed by atoms with Crippen molar-refractivity contribution in [2.45, 2.75) is 0 Å². The van der Waals surface area contributed by atoms with Crippen molar-refractivity contribution < 1.29 is 23.1 Å². The van der Waals surface area contributed by atoms with Crippen LogP contribution in [-0.4, -0.2) is 13.6 Å². The van der Waals surface area contributed by atoms with E-state index in [1.54, 1.807) is 24.3 Å². The van der Waals surface area contributed by atoms with E-state index in [9.17, 15) is 4.57 Å². The molecule has 0 N–H and O–H groups in total. The summed E-state index contributed by atoms with van der Waals surface area (Å²) >= 11 is 0. The Bertz CT molecular complexity index is 470. The van der Waals surface area contributed by atoms with Gasteiger partial charge in [0.05, 0.1) is 0 Å². The van der Waals surface area contributed by atoms with Gasteiger partial charge in [-0.1, -0.05) is 36.4 Å². The van der Waals surface area contributed by atoms with Gasteiger partial charge in [0.1, 0.15) is 11.5 Å². The average molecular weight is 294 g/mol. The lowest BCUT2D eigenvalue weighted by Gasteiger charge is -2.08. The summed E-state index contributed by atoms with van der Waals surface area (Å²) in [5, 5.41) is 0. The molecule has 0 fully saturated rings. The molecular formula is C14H15O5P. The standard InChI is InChI=1S/C14H15O5P/c15-20(18-11-16-13-7-3-1-4-8-13)19-12-17-14-9-5-2-6-10-14/h1-10,20H,11-12H2. The van der Waals surface area contributed by atoms with Crippen molar-refractivity contribution in [3.05, 3.63) is 60.7 Å². The summed E-state index contributed by atoms with van der Waals surface area (Å²) in [5.41, 5.74) is 0. The van der Waals surface area contributed by atoms with Crippen molar-refractivity contribution in [3.63, 3.8) is 0 Å². The fraction of sp³-hybridized carbons (Fsp3) is 0.143. The summed E-state index contributed by atoms with van der Waals surface area (Å²) < 4.78 is 31.7. The molecule has 0 aromatic heterocycles. The molecule has 0 radical (unpaired) electrons. The zero-order chi connectivity index (χ0) is 14.0. The highest BCUT2D eigenvalue weighted by molar-refractivity contribution is 7.33. The molecule has 0 atom stereocenters. The Morgan fingerprint density at radius 3 is 1.50 bits per heavy atom. The van der Waals surface area contributed by atoms with Crippen LogP contribution in [0.2, 0.25) is 0 Å². The summed E-state index contributed by atoms with van der Waals surface area (Å²) in [7, 11) is -2.63. The van der Waals surface area contributed by atoms with Crippen LogP contribution in [-0.2, 0) is 13.6 Å². The molecule has 5 nitrogen and oxygen atoms in total. The van der Waals surface area contributed by atoms with Crippen molar-refractivity contribution in [2.24, 2.45) is 0 Å². The fourth-order valence-electron chi connectivity index (χ4n) is 1.37. The second-order valence-corrected chi connectivity index (χ2v) is 4.77. The monoisotopic (exact) mass is 294 g/mol. The van der Waals surface area contributed by atoms with E-state index in [0.717, 1.165) is 0 Å². The number of hydrogen-bond acceptors (Lipinski definition) is 5. The molecule has 0 aliphatic carbocycles. The molecule has 0 aliphatic heterocycles. The third-order valence-corrected chi connectivity index (χ3v) is 3.00. The van der Waals surface area contributed by atoms with E-state index in [2.05, 4.69) is 0 Å². The molecule has 0 bridgehead atoms. The molecule has 0 heterocycles. The van der Waals surface area contributed by atoms with Crippen LogP contribution >= 0.6 is 8.25 Å². The summed E-state index contributed by atoms with van der Waals surface area (Å²) in [6.07, 6.45) is 0. The Labute approximate surface area is 118 Å². The van der Waals surface area contributed by atoms with Gasteiger partial charge in [0.2, 0.25) is 0 Å². The molecule has 0 spiro atoms. The normalized spacial score (nSPS) is 10.4. The van der Waals surface area contributed by atoms with Gasteiger partial charge in [-0.3, -0.25) is 13.6 Å². The van der Waals surface area contributed by atoms with E-state index in [0.29, 0.717) is 11.5 Å². The lowest BCUT2D eigenvalue weighted by atomic mass is 10.3. The Hall–Kier alpha value is -1.81. The smallest absolute Gasteiger partial charge is 0.324 e. The first-order valence-corrected chi connectivity index (χ1v) is 7.22. The largest absolute Gasteiger partial charge is 0.467 e. The van der Waals surface area contributed by atoms with Crippen molar-refractivity contribution in [3.8, 4) is 11.5 Å². The van der Waals surface area contributed by atoms with E-state index in [1.165, 1.54) is 0 Å². The lowest BCUT2D eigenvalue weighted by Crippen LogP contribution is -2.01. The fourth-order valence-corrected chi connectivity index (χ4v) is 1.76. The van der Waals surface area contributed by atoms with E-state index in [-0.39, 0.29) is 13.6 Å². The maximum atomic E-state index is 11.4. The SMILES string of the molecule is O=[PH](OCOc1ccccc1)OCOc1ccccc1. The maximum absolute atomic E-state index is 11.4. The molecule has 2 aromatic rings. The van der Waals surface area contributed by atoms with E-state index < -0.39 is 8.25 Å². The Balaban J connectivity index is 1.59. The van der Waals surface area contributed by atoms with Crippen molar-refractivity contribution in [1.29, 1.82) is 0 Å². The van der Waals surface area contributed by atoms with E-state index >= 15 is 0 Å². The van der Waals surface area contributed by atoms with Crippen LogP contribution < -0.4 is 9.47 Å². The first-order chi connectivity index (χ1) is 9.84. The minimum absolute atomic E-state index is 0.132. The topological polar surface area (TPSA) is 54.0 Å². The molecular weight excluding hydrogens is 279 g/mol. The number of benzene rings is 2. The first-order valence-electron chi connectivity index (χ1n) is 6.00. The van der Waals surface area contributed by atoms with Gasteiger partial charge < -0.3 is 9.47 Å². The Morgan fingerprint density at radius 1 is 0.700 bits per heavy atom. The minimum Gasteiger partial charge on any atom is -0.467 e. The van der Waals surface area contributed by atoms with Crippen LogP contribution in [0.3, 0.4) is 0 Å². The number of hydrogen-bond donors (Lipinski definition) is 0. The second kappa shape index (κ2) is 8.38. The second-order valence-electron chi connectivity index (χ2n) is 3.69. The van der Waals surface area contributed by atoms with Crippen LogP contribution in [0.4, 0.5) is 0 Å². The first kappa shape index (κ1) is 14.6. The van der Waals surface area contributed by atoms with Crippen molar-refractivity contribution in [1.82, 2.24) is 0 Å². The summed E-state index contributed by atoms with van der Waals surface area (Å²) in [6.45, 7) is -0.264. The lowest BCUT2D eigenvalue weighted by molar-refractivity contribution is 0.0697. The van der Waals surface area contributed by atoms with Gasteiger partial charge in [-0.15, -0.1) is 0 Å². The number of para-hydroxylation sites is 2. The molecule has 2 aromatic carbocycles. The predicted molar refractivity (Wildman–Crippen MR) is 75.0 cm³/mol. The third kappa shape index (κ3) is 5.45. The summed E-state index contributed by atoms with van der Waals surface area (Å²) in [5.74, 6) is 1.28. The highest BCUT2D eigenvalue weighted by Crippen LogP contribution is 2.24. The third-order valence-electron chi connectivity index (χ3n) is 2.29. The zero-order valence-corrected chi connectivity index (χ0v) is 11.7. The molecule has 2 rings (SSSR count). The summed E-state index contributed by atoms with van der Waals surface area (Å²) in [4.78, 5) is 0. The molecule has 6 heteroatoms. The van der Waals surface area contributed by atoms with Crippen LogP contribution in [0, 0.1) is 0 Å². The molecule has 106 valence electrons. The van der Waals surface area contributed by atoms with Gasteiger partial charge in [0.15, 0.2) is 13.6 Å². The average Bonchev–Trinajstić information content (AvgIpc) is 2.49. The van der Waals surface area contributed by atoms with Crippen molar-refractivity contribution >= 4 is 8.25 Å². The Kier molecular flexibility index (Phi) is 6.11. The Morgan fingerprint density at radius 2 is 1.10 bits per heavy atom. The predicted octanol–water partition coefficient (Wildman–Crippen LogP) is 3.48. The van der Waals surface area contributed by atoms with Gasteiger partial charge in [-0.2, -0.15) is 0 Å². The van der Waals surface area contributed by atoms with E-state index in [4.69, 9.17) is 18.5 Å². The molecule has 0 amide bonds. The molecule has 0 unspecified atom stereocenters. The zero-order valence-electron chi connectivity index (χ0n) is 10.7. The van der Waals surface area contributed by atoms with Crippen LogP contribution in [0.15, 0.2) is 60.7 Å². The van der Waals surface area contributed by atoms with Crippen LogP contribution in [0.1, 0.15) is 0 Å². The molecule has 0 aliphatic rings. The van der Waals surface area contributed by atoms with E-state index in [1.807, 2.05) is 36.4 Å². The minimum atomic E-state index is -2.63. The molecule has 20 heavy (non-hydrogen) atoms. The van der Waals surface area contributed by atoms with Crippen LogP contribution in [0.5, 0.6) is 11.5 Å². The quantitative estimate of drug-likeness (QED) is 0.551. The number of rotatable bonds is 8. The molecule has 0 saturated carbocycles. The van der Waals surface area contributed by atoms with Gasteiger partial charge in [0.25, 0.3) is 0 Å². The molecule has 0 saturated heterocycles.